The van der Waals surface area contributed by atoms with Crippen molar-refractivity contribution in [2.75, 3.05) is 0 Å². The van der Waals surface area contributed by atoms with Gasteiger partial charge < -0.3 is 9.97 Å². The van der Waals surface area contributed by atoms with Gasteiger partial charge in [0.2, 0.25) is 0 Å². The highest BCUT2D eigenvalue weighted by Crippen LogP contribution is 2.36. The Balaban J connectivity index is 1.47. The van der Waals surface area contributed by atoms with Crippen molar-refractivity contribution in [1.82, 2.24) is 19.9 Å². The highest BCUT2D eigenvalue weighted by Gasteiger charge is 2.23. The van der Waals surface area contributed by atoms with Crippen molar-refractivity contribution in [3.05, 3.63) is 151 Å². The summed E-state index contributed by atoms with van der Waals surface area (Å²) in [4.78, 5) is 18.3. The van der Waals surface area contributed by atoms with Crippen molar-refractivity contribution in [1.29, 1.82) is 0 Å². The highest BCUT2D eigenvalue weighted by atomic mass is 15.0. The lowest BCUT2D eigenvalue weighted by Crippen LogP contribution is -2.31. The van der Waals surface area contributed by atoms with Crippen molar-refractivity contribution in [2.24, 2.45) is 21.1 Å². The summed E-state index contributed by atoms with van der Waals surface area (Å²) in [6.45, 7) is 0. The van der Waals surface area contributed by atoms with Gasteiger partial charge in [-0.2, -0.15) is 4.57 Å². The minimum absolute atomic E-state index is 0.837. The summed E-state index contributed by atoms with van der Waals surface area (Å²) in [5.41, 5.74) is 14.6. The second-order valence-corrected chi connectivity index (χ2v) is 13.0. The van der Waals surface area contributed by atoms with Crippen molar-refractivity contribution >= 4 is 46.4 Å². The number of rotatable bonds is 4. The van der Waals surface area contributed by atoms with E-state index in [1.807, 2.05) is 48.5 Å². The van der Waals surface area contributed by atoms with Gasteiger partial charge in [-0.15, -0.1) is 0 Å². The van der Waals surface area contributed by atoms with Gasteiger partial charge in [0.15, 0.2) is 49.6 Å². The summed E-state index contributed by atoms with van der Waals surface area (Å²) >= 11 is 0. The van der Waals surface area contributed by atoms with E-state index in [1.54, 1.807) is 0 Å². The fraction of sp³-hybridized carbons (Fsp3) is 0.0698. The van der Waals surface area contributed by atoms with E-state index in [4.69, 9.17) is 9.97 Å². The Morgan fingerprint density at radius 1 is 0.392 bits per heavy atom. The molecule has 2 aliphatic rings. The molecule has 8 bridgehead atoms. The van der Waals surface area contributed by atoms with Crippen molar-refractivity contribution in [3.8, 4) is 39.1 Å². The second kappa shape index (κ2) is 12.3. The summed E-state index contributed by atoms with van der Waals surface area (Å²) in [5.74, 6) is 0. The van der Waals surface area contributed by atoms with Gasteiger partial charge in [-0.3, -0.25) is 0 Å². The first-order valence-electron chi connectivity index (χ1n) is 17.0. The Labute approximate surface area is 295 Å². The Hall–Kier alpha value is -6.80. The maximum atomic E-state index is 5.34. The zero-order valence-corrected chi connectivity index (χ0v) is 28.6. The van der Waals surface area contributed by atoms with Gasteiger partial charge in [0.1, 0.15) is 32.5 Å². The smallest absolute Gasteiger partial charge is 0.262 e. The molecule has 0 unspecified atom stereocenters. The Morgan fingerprint density at radius 3 is 1.16 bits per heavy atom. The van der Waals surface area contributed by atoms with Gasteiger partial charge in [-0.05, 0) is 65.3 Å². The number of pyridine rings is 4. The van der Waals surface area contributed by atoms with Crippen LogP contribution in [0.5, 0.6) is 0 Å². The Bertz CT molecular complexity index is 2540. The minimum atomic E-state index is 0.837. The predicted molar refractivity (Wildman–Crippen MR) is 200 cm³/mol. The number of aromatic amines is 2. The van der Waals surface area contributed by atoms with E-state index in [1.165, 1.54) is 0 Å². The van der Waals surface area contributed by atoms with Crippen LogP contribution in [0.4, 0.5) is 0 Å². The third kappa shape index (κ3) is 5.53. The van der Waals surface area contributed by atoms with E-state index in [9.17, 15) is 0 Å². The van der Waals surface area contributed by atoms with Crippen LogP contribution in [-0.2, 0) is 21.1 Å². The van der Waals surface area contributed by atoms with Crippen molar-refractivity contribution < 1.29 is 18.3 Å². The standard InChI is InChI=1S/C43H35N8/c1-48-23-15-29(16-24-48)40-32-7-9-34(44-32)41(30-17-25-49(2)26-18-30)36-11-13-38(46-36)43(51-21-5-4-6-22-51)39-14-12-37(47-39)42(35-10-8-33(40)45-35)31-19-27-50(3)28-20-31/h4-28H,1-3H3,(H,44,45,46,47)/q+3/p+1. The average Bonchev–Trinajstić information content (AvgIpc) is 3.99. The number of aryl methyl sites for hydroxylation is 3. The molecule has 2 aliphatic heterocycles. The molecule has 0 radical (unpaired) electrons. The molecule has 8 nitrogen and oxygen atoms in total. The molecule has 0 spiro atoms. The van der Waals surface area contributed by atoms with E-state index in [0.717, 1.165) is 83.9 Å². The zero-order valence-electron chi connectivity index (χ0n) is 28.6. The van der Waals surface area contributed by atoms with Gasteiger partial charge in [0.25, 0.3) is 5.69 Å². The van der Waals surface area contributed by atoms with E-state index in [-0.39, 0.29) is 0 Å². The van der Waals surface area contributed by atoms with E-state index in [2.05, 4.69) is 154 Å². The molecule has 7 aromatic rings. The second-order valence-electron chi connectivity index (χ2n) is 13.0. The van der Waals surface area contributed by atoms with Crippen molar-refractivity contribution in [2.45, 2.75) is 0 Å². The van der Waals surface area contributed by atoms with Gasteiger partial charge in [-0.1, -0.05) is 6.07 Å². The molecule has 7 aromatic heterocycles. The predicted octanol–water partition coefficient (Wildman–Crippen LogP) is 6.41. The molecule has 2 N–H and O–H groups in total. The molecule has 0 fully saturated rings. The van der Waals surface area contributed by atoms with Crippen LogP contribution < -0.4 is 18.3 Å². The van der Waals surface area contributed by atoms with Crippen LogP contribution in [0.2, 0.25) is 0 Å². The van der Waals surface area contributed by atoms with Gasteiger partial charge in [0, 0.05) is 87.3 Å². The zero-order chi connectivity index (χ0) is 34.5. The third-order valence-corrected chi connectivity index (χ3v) is 9.50. The summed E-state index contributed by atoms with van der Waals surface area (Å²) in [7, 11) is 6.10. The molecular formula is C43H36N8+4. The van der Waals surface area contributed by atoms with E-state index in [0.29, 0.717) is 0 Å². The van der Waals surface area contributed by atoms with Gasteiger partial charge in [0.05, 0.1) is 11.4 Å². The molecule has 0 atom stereocenters. The lowest BCUT2D eigenvalue weighted by Gasteiger charge is -2.05. The topological polar surface area (TPSA) is 72.9 Å². The van der Waals surface area contributed by atoms with Crippen LogP contribution in [0.15, 0.2) is 128 Å². The summed E-state index contributed by atoms with van der Waals surface area (Å²) in [6.07, 6.45) is 25.0. The fourth-order valence-electron chi connectivity index (χ4n) is 6.93. The Kier molecular flexibility index (Phi) is 7.28. The third-order valence-electron chi connectivity index (χ3n) is 9.50. The monoisotopic (exact) mass is 664 g/mol. The fourth-order valence-corrected chi connectivity index (χ4v) is 6.93. The molecule has 0 saturated carbocycles. The van der Waals surface area contributed by atoms with Gasteiger partial charge in [-0.25, -0.2) is 23.7 Å². The number of fused-ring (bicyclic) bond motifs is 8. The number of aromatic nitrogens is 8. The molecule has 0 saturated heterocycles. The minimum Gasteiger partial charge on any atom is -0.354 e. The maximum Gasteiger partial charge on any atom is 0.262 e. The van der Waals surface area contributed by atoms with Gasteiger partial charge >= 0.3 is 0 Å². The van der Waals surface area contributed by atoms with Crippen LogP contribution in [0.1, 0.15) is 22.8 Å². The van der Waals surface area contributed by atoms with Crippen LogP contribution in [0, 0.1) is 0 Å². The maximum absolute atomic E-state index is 5.34. The molecule has 8 heteroatoms. The molecule has 9 heterocycles. The molecular weight excluding hydrogens is 629 g/mol. The summed E-state index contributed by atoms with van der Waals surface area (Å²) in [6, 6.07) is 27.7. The first-order valence-corrected chi connectivity index (χ1v) is 17.0. The lowest BCUT2D eigenvalue weighted by atomic mass is 10.1. The normalized spacial score (nSPS) is 12.1. The largest absolute Gasteiger partial charge is 0.354 e. The summed E-state index contributed by atoms with van der Waals surface area (Å²) in [5, 5.41) is 0. The summed E-state index contributed by atoms with van der Waals surface area (Å²) < 4.78 is 8.25. The molecule has 0 aromatic carbocycles. The van der Waals surface area contributed by atoms with E-state index >= 15 is 0 Å². The van der Waals surface area contributed by atoms with Crippen molar-refractivity contribution in [3.63, 3.8) is 0 Å². The first-order chi connectivity index (χ1) is 25.0. The lowest BCUT2D eigenvalue weighted by molar-refractivity contribution is -0.671. The number of hydrogen-bond acceptors (Lipinski definition) is 2. The number of nitrogens with one attached hydrogen (secondary N) is 2. The van der Waals surface area contributed by atoms with Crippen LogP contribution in [-0.4, -0.2) is 19.9 Å². The highest BCUT2D eigenvalue weighted by molar-refractivity contribution is 5.99. The van der Waals surface area contributed by atoms with Crippen LogP contribution >= 0.6 is 0 Å². The molecule has 9 rings (SSSR count). The number of hydrogen-bond donors (Lipinski definition) is 2. The average molecular weight is 665 g/mol. The number of nitrogens with zero attached hydrogens (tertiary/aromatic N) is 6. The molecule has 51 heavy (non-hydrogen) atoms. The number of H-pyrrole nitrogens is 2. The van der Waals surface area contributed by atoms with Crippen LogP contribution in [0.3, 0.4) is 0 Å². The molecule has 244 valence electrons. The first kappa shape index (κ1) is 30.3. The van der Waals surface area contributed by atoms with E-state index < -0.39 is 0 Å². The Morgan fingerprint density at radius 2 is 0.745 bits per heavy atom. The SMILES string of the molecule is C[n+]1ccc(-c2c3nc(c(-[n+]4ccccc4)c4nc(c(-c5cc[n+](C)cc5)c5ccc([nH]5)c(-c5cc[n+](C)cc5)c5ccc2[nH]5)C=C4)C=C3)cc1. The molecule has 0 amide bonds. The van der Waals surface area contributed by atoms with Crippen LogP contribution in [0.25, 0.3) is 85.4 Å². The molecule has 0 aliphatic carbocycles. The quantitative estimate of drug-likeness (QED) is 0.214.